The predicted octanol–water partition coefficient (Wildman–Crippen LogP) is 1.22. The summed E-state index contributed by atoms with van der Waals surface area (Å²) in [5, 5.41) is 3.62. The molecule has 0 aromatic rings. The molecular formula is C11H20N2. The van der Waals surface area contributed by atoms with Crippen molar-refractivity contribution in [3.8, 4) is 0 Å². The van der Waals surface area contributed by atoms with Gasteiger partial charge in [-0.25, -0.2) is 0 Å². The lowest BCUT2D eigenvalue weighted by Crippen LogP contribution is -2.39. The summed E-state index contributed by atoms with van der Waals surface area (Å²) >= 11 is 0. The van der Waals surface area contributed by atoms with E-state index < -0.39 is 0 Å². The number of nitrogens with zero attached hydrogens (tertiary/aromatic N) is 1. The molecule has 0 bridgehead atoms. The zero-order valence-electron chi connectivity index (χ0n) is 8.55. The SMILES string of the molecule is CC1CNCC2(CC2)CN1C1CC1. The third kappa shape index (κ3) is 1.50. The molecule has 1 spiro atoms. The van der Waals surface area contributed by atoms with Gasteiger partial charge in [-0.3, -0.25) is 4.90 Å². The lowest BCUT2D eigenvalue weighted by molar-refractivity contribution is 0.183. The Morgan fingerprint density at radius 2 is 2.08 bits per heavy atom. The van der Waals surface area contributed by atoms with E-state index in [1.165, 1.54) is 45.3 Å². The van der Waals surface area contributed by atoms with E-state index in [-0.39, 0.29) is 0 Å². The largest absolute Gasteiger partial charge is 0.315 e. The van der Waals surface area contributed by atoms with Gasteiger partial charge in [0.15, 0.2) is 0 Å². The van der Waals surface area contributed by atoms with Crippen molar-refractivity contribution < 1.29 is 0 Å². The molecule has 0 amide bonds. The van der Waals surface area contributed by atoms with Crippen LogP contribution >= 0.6 is 0 Å². The van der Waals surface area contributed by atoms with Gasteiger partial charge in [0.1, 0.15) is 0 Å². The quantitative estimate of drug-likeness (QED) is 0.653. The third-order valence-corrected chi connectivity index (χ3v) is 4.00. The number of hydrogen-bond acceptors (Lipinski definition) is 2. The van der Waals surface area contributed by atoms with E-state index in [4.69, 9.17) is 0 Å². The summed E-state index contributed by atoms with van der Waals surface area (Å²) in [6, 6.07) is 1.72. The van der Waals surface area contributed by atoms with Crippen molar-refractivity contribution in [3.05, 3.63) is 0 Å². The van der Waals surface area contributed by atoms with Gasteiger partial charge >= 0.3 is 0 Å². The molecule has 13 heavy (non-hydrogen) atoms. The topological polar surface area (TPSA) is 15.3 Å². The Balaban J connectivity index is 1.73. The molecule has 1 N–H and O–H groups in total. The average molecular weight is 180 g/mol. The van der Waals surface area contributed by atoms with E-state index in [1.54, 1.807) is 0 Å². The monoisotopic (exact) mass is 180 g/mol. The zero-order valence-corrected chi connectivity index (χ0v) is 8.55. The maximum atomic E-state index is 3.62. The Morgan fingerprint density at radius 3 is 2.69 bits per heavy atom. The summed E-state index contributed by atoms with van der Waals surface area (Å²) in [5.74, 6) is 0. The van der Waals surface area contributed by atoms with Crippen molar-refractivity contribution in [2.45, 2.75) is 44.7 Å². The maximum absolute atomic E-state index is 3.62. The summed E-state index contributed by atoms with van der Waals surface area (Å²) < 4.78 is 0. The second-order valence-corrected chi connectivity index (χ2v) is 5.38. The van der Waals surface area contributed by atoms with Crippen molar-refractivity contribution in [1.29, 1.82) is 0 Å². The first-order chi connectivity index (χ1) is 6.29. The molecular weight excluding hydrogens is 160 g/mol. The lowest BCUT2D eigenvalue weighted by atomic mass is 10.1. The van der Waals surface area contributed by atoms with E-state index in [0.717, 1.165) is 12.1 Å². The fourth-order valence-electron chi connectivity index (χ4n) is 2.67. The standard InChI is InChI=1S/C11H20N2/c1-9-6-12-7-11(4-5-11)8-13(9)10-2-3-10/h9-10,12H,2-8H2,1H3. The molecule has 1 atom stereocenters. The van der Waals surface area contributed by atoms with Crippen LogP contribution in [0, 0.1) is 5.41 Å². The molecule has 0 aromatic carbocycles. The summed E-state index contributed by atoms with van der Waals surface area (Å²) in [7, 11) is 0. The highest BCUT2D eigenvalue weighted by atomic mass is 15.2. The molecule has 3 fully saturated rings. The Bertz CT molecular complexity index is 206. The van der Waals surface area contributed by atoms with Crippen LogP contribution in [0.4, 0.5) is 0 Å². The van der Waals surface area contributed by atoms with Crippen molar-refractivity contribution in [2.75, 3.05) is 19.6 Å². The predicted molar refractivity (Wildman–Crippen MR) is 53.7 cm³/mol. The molecule has 2 saturated carbocycles. The molecule has 0 aromatic heterocycles. The van der Waals surface area contributed by atoms with Crippen molar-refractivity contribution in [2.24, 2.45) is 5.41 Å². The van der Waals surface area contributed by atoms with E-state index in [9.17, 15) is 0 Å². The number of hydrogen-bond donors (Lipinski definition) is 1. The fourth-order valence-corrected chi connectivity index (χ4v) is 2.67. The average Bonchev–Trinajstić information content (AvgIpc) is 2.96. The first kappa shape index (κ1) is 8.25. The van der Waals surface area contributed by atoms with Crippen LogP contribution in [0.25, 0.3) is 0 Å². The minimum atomic E-state index is 0.702. The van der Waals surface area contributed by atoms with Gasteiger partial charge in [0.25, 0.3) is 0 Å². The Hall–Kier alpha value is -0.0800. The second kappa shape index (κ2) is 2.71. The van der Waals surface area contributed by atoms with Gasteiger partial charge in [-0.1, -0.05) is 0 Å². The smallest absolute Gasteiger partial charge is 0.0195 e. The molecule has 1 saturated heterocycles. The van der Waals surface area contributed by atoms with Crippen molar-refractivity contribution in [3.63, 3.8) is 0 Å². The van der Waals surface area contributed by atoms with Crippen LogP contribution in [0.2, 0.25) is 0 Å². The summed E-state index contributed by atoms with van der Waals surface area (Å²) in [5.41, 5.74) is 0.702. The summed E-state index contributed by atoms with van der Waals surface area (Å²) in [6.45, 7) is 6.25. The highest BCUT2D eigenvalue weighted by Crippen LogP contribution is 2.48. The highest BCUT2D eigenvalue weighted by molar-refractivity contribution is 5.03. The van der Waals surface area contributed by atoms with Crippen molar-refractivity contribution in [1.82, 2.24) is 10.2 Å². The van der Waals surface area contributed by atoms with Crippen LogP contribution in [0.5, 0.6) is 0 Å². The molecule has 1 aliphatic heterocycles. The van der Waals surface area contributed by atoms with Gasteiger partial charge in [-0.15, -0.1) is 0 Å². The Morgan fingerprint density at radius 1 is 1.31 bits per heavy atom. The molecule has 74 valence electrons. The summed E-state index contributed by atoms with van der Waals surface area (Å²) in [6.07, 6.45) is 5.85. The van der Waals surface area contributed by atoms with Crippen LogP contribution < -0.4 is 5.32 Å². The molecule has 0 radical (unpaired) electrons. The molecule has 1 heterocycles. The highest BCUT2D eigenvalue weighted by Gasteiger charge is 2.48. The van der Waals surface area contributed by atoms with E-state index in [2.05, 4.69) is 17.1 Å². The first-order valence-corrected chi connectivity index (χ1v) is 5.76. The van der Waals surface area contributed by atoms with Gasteiger partial charge < -0.3 is 5.32 Å². The second-order valence-electron chi connectivity index (χ2n) is 5.38. The Kier molecular flexibility index (Phi) is 1.72. The van der Waals surface area contributed by atoms with Crippen LogP contribution in [-0.4, -0.2) is 36.6 Å². The van der Waals surface area contributed by atoms with Crippen LogP contribution in [0.1, 0.15) is 32.6 Å². The third-order valence-electron chi connectivity index (χ3n) is 4.00. The van der Waals surface area contributed by atoms with Gasteiger partial charge in [-0.05, 0) is 38.0 Å². The fraction of sp³-hybridized carbons (Fsp3) is 1.00. The zero-order chi connectivity index (χ0) is 8.89. The van der Waals surface area contributed by atoms with Gasteiger partial charge in [-0.2, -0.15) is 0 Å². The van der Waals surface area contributed by atoms with Gasteiger partial charge in [0.05, 0.1) is 0 Å². The minimum absolute atomic E-state index is 0.702. The lowest BCUT2D eigenvalue weighted by Gasteiger charge is -2.28. The molecule has 2 aliphatic carbocycles. The van der Waals surface area contributed by atoms with Gasteiger partial charge in [0.2, 0.25) is 0 Å². The van der Waals surface area contributed by atoms with Crippen LogP contribution in [-0.2, 0) is 0 Å². The normalized spacial score (nSPS) is 39.0. The number of rotatable bonds is 1. The van der Waals surface area contributed by atoms with Crippen LogP contribution in [0.15, 0.2) is 0 Å². The first-order valence-electron chi connectivity index (χ1n) is 5.76. The minimum Gasteiger partial charge on any atom is -0.315 e. The maximum Gasteiger partial charge on any atom is 0.0195 e. The molecule has 3 rings (SSSR count). The number of nitrogens with one attached hydrogen (secondary N) is 1. The van der Waals surface area contributed by atoms with E-state index in [0.29, 0.717) is 5.41 Å². The van der Waals surface area contributed by atoms with Gasteiger partial charge in [0, 0.05) is 31.7 Å². The Labute approximate surface area is 80.7 Å². The van der Waals surface area contributed by atoms with Crippen LogP contribution in [0.3, 0.4) is 0 Å². The molecule has 2 nitrogen and oxygen atoms in total. The molecule has 3 aliphatic rings. The van der Waals surface area contributed by atoms with E-state index in [1.807, 2.05) is 0 Å². The van der Waals surface area contributed by atoms with E-state index >= 15 is 0 Å². The molecule has 1 unspecified atom stereocenters. The molecule has 2 heteroatoms. The van der Waals surface area contributed by atoms with Crippen molar-refractivity contribution >= 4 is 0 Å². The summed E-state index contributed by atoms with van der Waals surface area (Å²) in [4.78, 5) is 2.77.